The third-order valence-corrected chi connectivity index (χ3v) is 3.87. The SMILES string of the molecule is CC(C)C[C@@H](NC(=O)CCCc1c[nH]c2ccccc12)C(=O)O. The first-order valence-corrected chi connectivity index (χ1v) is 8.04. The van der Waals surface area contributed by atoms with E-state index in [2.05, 4.69) is 16.4 Å². The van der Waals surface area contributed by atoms with E-state index in [1.54, 1.807) is 0 Å². The van der Waals surface area contributed by atoms with E-state index in [0.717, 1.165) is 11.9 Å². The fraction of sp³-hybridized carbons (Fsp3) is 0.444. The van der Waals surface area contributed by atoms with Crippen LogP contribution in [0.1, 0.15) is 38.7 Å². The largest absolute Gasteiger partial charge is 0.480 e. The van der Waals surface area contributed by atoms with Gasteiger partial charge < -0.3 is 15.4 Å². The summed E-state index contributed by atoms with van der Waals surface area (Å²) in [5.41, 5.74) is 2.28. The Labute approximate surface area is 136 Å². The minimum absolute atomic E-state index is 0.196. The zero-order chi connectivity index (χ0) is 16.8. The lowest BCUT2D eigenvalue weighted by Crippen LogP contribution is -2.41. The van der Waals surface area contributed by atoms with Gasteiger partial charge in [0.25, 0.3) is 0 Å². The number of carboxylic acid groups (broad SMARTS) is 1. The first-order chi connectivity index (χ1) is 11.0. The molecule has 0 fully saturated rings. The molecule has 1 aromatic heterocycles. The van der Waals surface area contributed by atoms with Crippen LogP contribution in [0.5, 0.6) is 0 Å². The number of nitrogens with one attached hydrogen (secondary N) is 2. The van der Waals surface area contributed by atoms with Crippen molar-refractivity contribution < 1.29 is 14.7 Å². The van der Waals surface area contributed by atoms with Crippen molar-refractivity contribution in [2.75, 3.05) is 0 Å². The van der Waals surface area contributed by atoms with E-state index in [9.17, 15) is 9.59 Å². The molecule has 5 heteroatoms. The first-order valence-electron chi connectivity index (χ1n) is 8.04. The van der Waals surface area contributed by atoms with Crippen molar-refractivity contribution >= 4 is 22.8 Å². The van der Waals surface area contributed by atoms with Crippen LogP contribution in [0.15, 0.2) is 30.5 Å². The van der Waals surface area contributed by atoms with Gasteiger partial charge in [-0.15, -0.1) is 0 Å². The number of para-hydroxylation sites is 1. The molecule has 3 N–H and O–H groups in total. The number of carboxylic acids is 1. The smallest absolute Gasteiger partial charge is 0.326 e. The number of aromatic amines is 1. The second-order valence-corrected chi connectivity index (χ2v) is 6.30. The highest BCUT2D eigenvalue weighted by molar-refractivity contribution is 5.84. The number of hydrogen-bond donors (Lipinski definition) is 3. The van der Waals surface area contributed by atoms with Gasteiger partial charge in [-0.3, -0.25) is 4.79 Å². The zero-order valence-corrected chi connectivity index (χ0v) is 13.6. The lowest BCUT2D eigenvalue weighted by molar-refractivity contribution is -0.142. The van der Waals surface area contributed by atoms with Crippen LogP contribution in [0.3, 0.4) is 0 Å². The summed E-state index contributed by atoms with van der Waals surface area (Å²) in [7, 11) is 0. The van der Waals surface area contributed by atoms with Gasteiger partial charge in [-0.1, -0.05) is 32.0 Å². The number of aliphatic carboxylic acids is 1. The van der Waals surface area contributed by atoms with Crippen molar-refractivity contribution in [3.63, 3.8) is 0 Å². The predicted molar refractivity (Wildman–Crippen MR) is 90.3 cm³/mol. The summed E-state index contributed by atoms with van der Waals surface area (Å²) >= 11 is 0. The quantitative estimate of drug-likeness (QED) is 0.700. The van der Waals surface area contributed by atoms with Gasteiger partial charge in [-0.05, 0) is 36.8 Å². The predicted octanol–water partition coefficient (Wildman–Crippen LogP) is 3.11. The van der Waals surface area contributed by atoms with Gasteiger partial charge in [0.15, 0.2) is 0 Å². The standard InChI is InChI=1S/C18H24N2O3/c1-12(2)10-16(18(22)23)20-17(21)9-5-6-13-11-19-15-8-4-3-7-14(13)15/h3-4,7-8,11-12,16,19H,5-6,9-10H2,1-2H3,(H,20,21)(H,22,23)/t16-/m1/s1. The Kier molecular flexibility index (Phi) is 5.79. The van der Waals surface area contributed by atoms with Gasteiger partial charge in [0.1, 0.15) is 6.04 Å². The van der Waals surface area contributed by atoms with Crippen molar-refractivity contribution in [3.05, 3.63) is 36.0 Å². The minimum Gasteiger partial charge on any atom is -0.480 e. The van der Waals surface area contributed by atoms with Gasteiger partial charge >= 0.3 is 5.97 Å². The third kappa shape index (κ3) is 4.84. The molecule has 5 nitrogen and oxygen atoms in total. The lowest BCUT2D eigenvalue weighted by Gasteiger charge is -2.16. The average Bonchev–Trinajstić information content (AvgIpc) is 2.89. The first kappa shape index (κ1) is 17.1. The molecule has 0 spiro atoms. The number of carbonyl (C=O) groups excluding carboxylic acids is 1. The molecule has 0 radical (unpaired) electrons. The summed E-state index contributed by atoms with van der Waals surface area (Å²) in [5.74, 6) is -0.941. The topological polar surface area (TPSA) is 82.2 Å². The van der Waals surface area contributed by atoms with Crippen LogP contribution in [-0.2, 0) is 16.0 Å². The minimum atomic E-state index is -0.969. The van der Waals surface area contributed by atoms with Gasteiger partial charge in [0.2, 0.25) is 5.91 Å². The van der Waals surface area contributed by atoms with Crippen molar-refractivity contribution in [1.29, 1.82) is 0 Å². The summed E-state index contributed by atoms with van der Waals surface area (Å²) in [6.45, 7) is 3.89. The van der Waals surface area contributed by atoms with Gasteiger partial charge in [0, 0.05) is 23.5 Å². The summed E-state index contributed by atoms with van der Waals surface area (Å²) in [5, 5.41) is 12.9. The van der Waals surface area contributed by atoms with E-state index in [1.165, 1.54) is 10.9 Å². The van der Waals surface area contributed by atoms with Crippen molar-refractivity contribution in [1.82, 2.24) is 10.3 Å². The van der Waals surface area contributed by atoms with Gasteiger partial charge in [-0.25, -0.2) is 4.79 Å². The molecule has 0 saturated carbocycles. The monoisotopic (exact) mass is 316 g/mol. The molecule has 1 aromatic carbocycles. The number of H-pyrrole nitrogens is 1. The van der Waals surface area contributed by atoms with Crippen LogP contribution in [0.2, 0.25) is 0 Å². The zero-order valence-electron chi connectivity index (χ0n) is 13.6. The van der Waals surface area contributed by atoms with Gasteiger partial charge in [0.05, 0.1) is 0 Å². The van der Waals surface area contributed by atoms with Crippen LogP contribution >= 0.6 is 0 Å². The Balaban J connectivity index is 1.83. The van der Waals surface area contributed by atoms with E-state index >= 15 is 0 Å². The normalized spacial score (nSPS) is 12.5. The second kappa shape index (κ2) is 7.81. The molecule has 0 bridgehead atoms. The van der Waals surface area contributed by atoms with Gasteiger partial charge in [-0.2, -0.15) is 0 Å². The summed E-state index contributed by atoms with van der Waals surface area (Å²) < 4.78 is 0. The molecule has 0 aliphatic carbocycles. The molecule has 0 unspecified atom stereocenters. The van der Waals surface area contributed by atoms with E-state index in [0.29, 0.717) is 19.3 Å². The summed E-state index contributed by atoms with van der Waals surface area (Å²) in [6.07, 6.45) is 4.24. The van der Waals surface area contributed by atoms with Crippen LogP contribution in [0, 0.1) is 5.92 Å². The maximum atomic E-state index is 11.9. The Morgan fingerprint density at radius 1 is 1.26 bits per heavy atom. The summed E-state index contributed by atoms with van der Waals surface area (Å²) in [4.78, 5) is 26.3. The Hall–Kier alpha value is -2.30. The molecular weight excluding hydrogens is 292 g/mol. The van der Waals surface area contributed by atoms with Crippen molar-refractivity contribution in [2.45, 2.75) is 45.6 Å². The van der Waals surface area contributed by atoms with Crippen LogP contribution < -0.4 is 5.32 Å². The number of amides is 1. The number of aryl methyl sites for hydroxylation is 1. The number of hydrogen-bond acceptors (Lipinski definition) is 2. The van der Waals surface area contributed by atoms with Crippen molar-refractivity contribution in [3.8, 4) is 0 Å². The highest BCUT2D eigenvalue weighted by Crippen LogP contribution is 2.19. The second-order valence-electron chi connectivity index (χ2n) is 6.30. The molecule has 1 amide bonds. The maximum Gasteiger partial charge on any atom is 0.326 e. The van der Waals surface area contributed by atoms with E-state index in [4.69, 9.17) is 5.11 Å². The Bertz CT molecular complexity index is 676. The van der Waals surface area contributed by atoms with E-state index < -0.39 is 12.0 Å². The molecule has 1 atom stereocenters. The molecule has 0 aliphatic rings. The van der Waals surface area contributed by atoms with Crippen LogP contribution in [0.4, 0.5) is 0 Å². The maximum absolute atomic E-state index is 11.9. The molecule has 1 heterocycles. The number of benzene rings is 1. The third-order valence-electron chi connectivity index (χ3n) is 3.87. The van der Waals surface area contributed by atoms with Crippen LogP contribution in [0.25, 0.3) is 10.9 Å². The molecule has 2 rings (SSSR count). The number of rotatable bonds is 8. The molecule has 124 valence electrons. The molecular formula is C18H24N2O3. The van der Waals surface area contributed by atoms with Crippen LogP contribution in [-0.4, -0.2) is 28.0 Å². The molecule has 0 aliphatic heterocycles. The summed E-state index contributed by atoms with van der Waals surface area (Å²) in [6, 6.07) is 7.27. The lowest BCUT2D eigenvalue weighted by atomic mass is 10.0. The molecule has 23 heavy (non-hydrogen) atoms. The van der Waals surface area contributed by atoms with Crippen molar-refractivity contribution in [2.24, 2.45) is 5.92 Å². The number of aromatic nitrogens is 1. The highest BCUT2D eigenvalue weighted by Gasteiger charge is 2.20. The highest BCUT2D eigenvalue weighted by atomic mass is 16.4. The average molecular weight is 316 g/mol. The molecule has 0 saturated heterocycles. The van der Waals surface area contributed by atoms with E-state index in [1.807, 2.05) is 38.2 Å². The Morgan fingerprint density at radius 2 is 2.00 bits per heavy atom. The van der Waals surface area contributed by atoms with E-state index in [-0.39, 0.29) is 11.8 Å². The number of fused-ring (bicyclic) bond motifs is 1. The Morgan fingerprint density at radius 3 is 2.70 bits per heavy atom. The fourth-order valence-electron chi connectivity index (χ4n) is 2.74. The number of carbonyl (C=O) groups is 2. The molecule has 2 aromatic rings. The fourth-order valence-corrected chi connectivity index (χ4v) is 2.74.